The third-order valence-electron chi connectivity index (χ3n) is 19.4. The Balaban J connectivity index is 0.970. The van der Waals surface area contributed by atoms with Crippen molar-refractivity contribution in [2.75, 3.05) is 198 Å². The zero-order valence-corrected chi connectivity index (χ0v) is 76.2. The monoisotopic (exact) mass is 1840 g/mol. The summed E-state index contributed by atoms with van der Waals surface area (Å²) in [7, 11) is 1.65. The Hall–Kier alpha value is -9.04. The largest absolute Gasteiger partial charge is 0.480 e. The fourth-order valence-electron chi connectivity index (χ4n) is 13.0. The molecule has 4 rings (SSSR count). The van der Waals surface area contributed by atoms with E-state index in [9.17, 15) is 57.8 Å². The first-order valence-electron chi connectivity index (χ1n) is 43.4. The zero-order chi connectivity index (χ0) is 92.3. The Morgan fingerprint density at radius 2 is 0.906 bits per heavy atom. The van der Waals surface area contributed by atoms with E-state index in [-0.39, 0.29) is 179 Å². The van der Waals surface area contributed by atoms with Crippen molar-refractivity contribution in [2.45, 2.75) is 157 Å². The number of Topliss-reactive ketones (excluding diaryl/α,β-unsaturated/α-hetero) is 1. The number of aliphatic carboxylic acids is 1. The molecule has 0 bridgehead atoms. The number of carbonyl (C=O) groups is 11. The van der Waals surface area contributed by atoms with Crippen LogP contribution in [0.25, 0.3) is 10.8 Å². The van der Waals surface area contributed by atoms with Crippen molar-refractivity contribution in [3.05, 3.63) is 83.9 Å². The highest BCUT2D eigenvalue weighted by atomic mass is 32.2. The number of thioether (sulfide) groups is 1. The van der Waals surface area contributed by atoms with E-state index in [1.54, 1.807) is 25.8 Å². The maximum atomic E-state index is 14.1. The molecule has 41 heteroatoms. The topological polar surface area (TPSA) is 527 Å². The van der Waals surface area contributed by atoms with Crippen LogP contribution in [0.4, 0.5) is 0 Å². The maximum Gasteiger partial charge on any atom is 0.322 e. The number of nitrogens with one attached hydrogen (secondary N) is 10. The molecule has 9 amide bonds. The Bertz CT molecular complexity index is 3820. The molecule has 710 valence electrons. The van der Waals surface area contributed by atoms with Gasteiger partial charge in [-0.2, -0.15) is 0 Å². The van der Waals surface area contributed by atoms with Crippen molar-refractivity contribution in [3.63, 3.8) is 0 Å². The first-order valence-corrected chi connectivity index (χ1v) is 45.1. The molecular weight excluding hydrogens is 1710 g/mol. The summed E-state index contributed by atoms with van der Waals surface area (Å²) < 4.78 is 54.9. The van der Waals surface area contributed by atoms with Crippen LogP contribution < -0.4 is 70.4 Å². The molecule has 0 radical (unpaired) electrons. The highest BCUT2D eigenvalue weighted by Crippen LogP contribution is 2.47. The van der Waals surface area contributed by atoms with Crippen LogP contribution in [0.5, 0.6) is 0 Å². The number of ether oxygens (including phenoxy) is 10. The molecule has 1 fully saturated rings. The molecular formula is C86H136N16O22S3. The third kappa shape index (κ3) is 52.9. The molecule has 0 aromatic heterocycles. The van der Waals surface area contributed by atoms with Gasteiger partial charge < -0.3 is 123 Å². The fourth-order valence-corrected chi connectivity index (χ4v) is 15.0. The summed E-state index contributed by atoms with van der Waals surface area (Å²) in [6, 6.07) is 19.1. The van der Waals surface area contributed by atoms with Crippen LogP contribution in [-0.2, 0) is 113 Å². The molecule has 6 atom stereocenters. The number of fused-ring (bicyclic) bond motifs is 1. The maximum absolute atomic E-state index is 14.1. The van der Waals surface area contributed by atoms with E-state index in [0.29, 0.717) is 143 Å². The highest BCUT2D eigenvalue weighted by Gasteiger charge is 2.53. The van der Waals surface area contributed by atoms with E-state index in [4.69, 9.17) is 76.8 Å². The lowest BCUT2D eigenvalue weighted by Crippen LogP contribution is -2.54. The molecule has 0 saturated carbocycles. The van der Waals surface area contributed by atoms with E-state index in [0.717, 1.165) is 34.7 Å². The molecule has 38 nitrogen and oxygen atoms in total. The summed E-state index contributed by atoms with van der Waals surface area (Å²) in [4.78, 5) is 152. The normalized spacial score (nSPS) is 14.4. The SMILES string of the molecule is CN1C(C(CC(=O)Cc2ccccc2)C(=O)NCCNC(=O)CCC(=O)NCCOCCOCCOCCOCCOCCOCCOCCOCCC(=O)NC(CCCCNC(=O)C(CCCN=C(N)N)NC(=O)C(CCCCNC(=S)NCCCCN=C=S)NC(=O)CCOCCOCCNC(=O)Cc2ccc3ccccc3c2)C(N)=O)SC(C)(C)C1C(=O)O. The number of benzene rings is 3. The predicted molar refractivity (Wildman–Crippen MR) is 488 cm³/mol. The van der Waals surface area contributed by atoms with Crippen LogP contribution in [0, 0.1) is 5.92 Å². The van der Waals surface area contributed by atoms with Crippen molar-refractivity contribution < 1.29 is 105 Å². The smallest absolute Gasteiger partial charge is 0.322 e. The van der Waals surface area contributed by atoms with Gasteiger partial charge in [-0.05, 0) is 131 Å². The number of primary amides is 1. The van der Waals surface area contributed by atoms with Gasteiger partial charge in [0, 0.05) is 102 Å². The molecule has 6 unspecified atom stereocenters. The first-order chi connectivity index (χ1) is 61.4. The molecule has 0 spiro atoms. The Morgan fingerprint density at radius 3 is 1.43 bits per heavy atom. The van der Waals surface area contributed by atoms with Gasteiger partial charge >= 0.3 is 5.97 Å². The molecule has 1 aliphatic heterocycles. The summed E-state index contributed by atoms with van der Waals surface area (Å²) >= 11 is 11.4. The number of aliphatic imine (C=N–C) groups is 2. The number of rotatable bonds is 76. The van der Waals surface area contributed by atoms with Crippen molar-refractivity contribution in [1.29, 1.82) is 0 Å². The second kappa shape index (κ2) is 69.0. The predicted octanol–water partition coefficient (Wildman–Crippen LogP) is 1.43. The number of ketones is 1. The second-order valence-corrected chi connectivity index (χ2v) is 32.5. The number of thiocarbonyl (C=S) groups is 2. The van der Waals surface area contributed by atoms with Crippen LogP contribution in [-0.4, -0.2) is 324 Å². The number of nitrogens with two attached hydrogens (primary N) is 3. The number of unbranched alkanes of at least 4 members (excludes halogenated alkanes) is 3. The average molecular weight is 1840 g/mol. The molecule has 1 heterocycles. The fraction of sp³-hybridized carbons (Fsp3) is 0.651. The molecule has 1 saturated heterocycles. The number of carboxylic acids is 1. The van der Waals surface area contributed by atoms with Gasteiger partial charge in [0.25, 0.3) is 0 Å². The number of hydrogen-bond donors (Lipinski definition) is 14. The van der Waals surface area contributed by atoms with E-state index in [2.05, 4.69) is 80.5 Å². The highest BCUT2D eigenvalue weighted by molar-refractivity contribution is 8.01. The lowest BCUT2D eigenvalue weighted by molar-refractivity contribution is -0.144. The quantitative estimate of drug-likeness (QED) is 0.0164. The van der Waals surface area contributed by atoms with Crippen molar-refractivity contribution in [1.82, 2.24) is 58.1 Å². The number of hydrogen-bond acceptors (Lipinski definition) is 27. The second-order valence-electron chi connectivity index (χ2n) is 30.2. The van der Waals surface area contributed by atoms with E-state index >= 15 is 0 Å². The summed E-state index contributed by atoms with van der Waals surface area (Å²) in [5.74, 6) is -6.09. The van der Waals surface area contributed by atoms with Crippen LogP contribution in [0.15, 0.2) is 82.8 Å². The standard InChI is InChI=1S/C86H136N16O22S3/c1-86(2)77(83(113)114)102(3)82(127-86)68(61-67(103)59-63-16-5-4-6-17-63)79(110)95-35-34-91-72(104)25-26-73(105)92-36-40-117-45-47-120-49-51-122-53-55-124-57-56-123-54-52-121-50-48-119-46-43-116-38-27-74(106)99-69(78(87)109)20-9-11-30-94-80(111)70(22-15-33-96-84(88)89)101-81(112)71(21-10-12-31-97-85(126)98-32-14-13-29-90-62-125)100-75(107)28-39-115-42-44-118-41-37-93-76(108)60-64-23-24-65-18-7-8-19-66(65)58-64/h4-8,16-19,23-24,58,68-71,77,82H,9-15,20-22,25-57,59-61H2,1-3H3,(H2,87,109)(H,91,104)(H,92,105)(H,93,108)(H,94,111)(H,95,110)(H,99,106)(H,100,107)(H,101,112)(H,113,114)(H4,88,89,96)(H2,97,98,126). The Morgan fingerprint density at radius 1 is 0.457 bits per heavy atom. The zero-order valence-electron chi connectivity index (χ0n) is 73.7. The Kier molecular flexibility index (Phi) is 59.9. The van der Waals surface area contributed by atoms with Gasteiger partial charge in [0.15, 0.2) is 11.1 Å². The van der Waals surface area contributed by atoms with Gasteiger partial charge in [0.05, 0.1) is 155 Å². The van der Waals surface area contributed by atoms with E-state index in [1.807, 2.05) is 72.8 Å². The summed E-state index contributed by atoms with van der Waals surface area (Å²) in [6.45, 7) is 12.1. The molecule has 3 aromatic carbocycles. The number of likely N-dealkylation sites (N-methyl/N-ethyl adjacent to an activating group) is 1. The minimum atomic E-state index is -1.05. The van der Waals surface area contributed by atoms with Crippen molar-refractivity contribution in [2.24, 2.45) is 33.1 Å². The minimum Gasteiger partial charge on any atom is -0.480 e. The van der Waals surface area contributed by atoms with Gasteiger partial charge in [-0.15, -0.1) is 11.8 Å². The van der Waals surface area contributed by atoms with Crippen LogP contribution in [0.3, 0.4) is 0 Å². The summed E-state index contributed by atoms with van der Waals surface area (Å²) in [5, 5.41) is 42.9. The van der Waals surface area contributed by atoms with Gasteiger partial charge in [-0.25, -0.2) is 4.99 Å². The first kappa shape index (κ1) is 110. The van der Waals surface area contributed by atoms with Crippen LogP contribution >= 0.6 is 36.2 Å². The average Bonchev–Trinajstić information content (AvgIpc) is 1.62. The van der Waals surface area contributed by atoms with E-state index < -0.39 is 81.6 Å². The van der Waals surface area contributed by atoms with Crippen LogP contribution in [0.1, 0.15) is 121 Å². The number of carboxylic acid groups (broad SMARTS) is 1. The van der Waals surface area contributed by atoms with Gasteiger partial charge in [-0.3, -0.25) is 62.6 Å². The van der Waals surface area contributed by atoms with Crippen LogP contribution in [0.2, 0.25) is 0 Å². The van der Waals surface area contributed by atoms with Gasteiger partial charge in [0.1, 0.15) is 30.0 Å². The molecule has 3 aromatic rings. The lowest BCUT2D eigenvalue weighted by atomic mass is 9.95. The van der Waals surface area contributed by atoms with Gasteiger partial charge in [0.2, 0.25) is 53.2 Å². The van der Waals surface area contributed by atoms with E-state index in [1.165, 1.54) is 11.8 Å². The molecule has 1 aliphatic rings. The number of isothiocyanates is 1. The summed E-state index contributed by atoms with van der Waals surface area (Å²) in [5.41, 5.74) is 18.5. The molecule has 127 heavy (non-hydrogen) atoms. The lowest BCUT2D eigenvalue weighted by Gasteiger charge is -2.29. The van der Waals surface area contributed by atoms with Gasteiger partial charge in [-0.1, -0.05) is 72.8 Å². The summed E-state index contributed by atoms with van der Waals surface area (Å²) in [6.07, 6.45) is 4.49. The number of carbonyl (C=O) groups excluding carboxylic acids is 10. The number of amides is 9. The number of guanidine groups is 1. The third-order valence-corrected chi connectivity index (χ3v) is 21.6. The van der Waals surface area contributed by atoms with Crippen molar-refractivity contribution >= 4 is 128 Å². The molecule has 17 N–H and O–H groups in total. The number of nitrogens with zero attached hydrogens (tertiary/aromatic N) is 3. The van der Waals surface area contributed by atoms with Crippen molar-refractivity contribution in [3.8, 4) is 0 Å². The Labute approximate surface area is 759 Å². The molecule has 0 aliphatic carbocycles. The minimum absolute atomic E-state index is 0.0352.